The van der Waals surface area contributed by atoms with Gasteiger partial charge in [-0.3, -0.25) is 0 Å². The molecule has 4 aromatic carbocycles. The second kappa shape index (κ2) is 10.5. The average molecular weight is 479 g/mol. The van der Waals surface area contributed by atoms with Crippen molar-refractivity contribution in [1.29, 1.82) is 0 Å². The molecular formula is C27H22Cl2NTi-. The number of hydrogen-bond donors (Lipinski definition) is 0. The van der Waals surface area contributed by atoms with E-state index < -0.39 is 17.0 Å². The van der Waals surface area contributed by atoms with Crippen molar-refractivity contribution in [2.24, 2.45) is 0 Å². The quantitative estimate of drug-likeness (QED) is 0.260. The second-order valence-electron chi connectivity index (χ2n) is 7.53. The number of rotatable bonds is 4. The minimum atomic E-state index is -0.556. The molecule has 1 unspecified atom stereocenters. The molecule has 0 N–H and O–H groups in total. The summed E-state index contributed by atoms with van der Waals surface area (Å²) in [5.74, 6) is 0.307. The molecule has 0 aromatic heterocycles. The van der Waals surface area contributed by atoms with E-state index in [1.807, 2.05) is 18.2 Å². The fourth-order valence-electron chi connectivity index (χ4n) is 4.40. The van der Waals surface area contributed by atoms with E-state index in [4.69, 9.17) is 23.9 Å². The van der Waals surface area contributed by atoms with Gasteiger partial charge in [-0.15, -0.1) is 12.2 Å². The van der Waals surface area contributed by atoms with Crippen LogP contribution in [0.3, 0.4) is 0 Å². The first-order valence-corrected chi connectivity index (χ1v) is 14.5. The topological polar surface area (TPSA) is 14.1 Å². The standard InChI is InChI=1S/C27H22N.2ClH.Ti/c1-19-17-21-10-6-8-14-24(21)27(19)25-16-15-20-9-5-7-13-23(20)26(25)18-28-22-11-3-2-4-12-22;;;/h2-17,27H,18H2,1H3;2*1H;/q-1;;;+2/p-2. The zero-order valence-corrected chi connectivity index (χ0v) is 20.3. The number of benzene rings is 4. The average Bonchev–Trinajstić information content (AvgIpc) is 3.14. The van der Waals surface area contributed by atoms with Gasteiger partial charge in [-0.25, -0.2) is 0 Å². The summed E-state index contributed by atoms with van der Waals surface area (Å²) in [6, 6.07) is 32.2. The number of hydrogen-bond acceptors (Lipinski definition) is 0. The Hall–Kier alpha value is -2.03. The van der Waals surface area contributed by atoms with Gasteiger partial charge >= 0.3 is 35.6 Å². The van der Waals surface area contributed by atoms with Crippen LogP contribution in [-0.4, -0.2) is 0 Å². The van der Waals surface area contributed by atoms with Crippen LogP contribution in [-0.2, 0) is 23.6 Å². The van der Waals surface area contributed by atoms with Crippen LogP contribution in [0.4, 0.5) is 5.69 Å². The Morgan fingerprint density at radius 2 is 1.45 bits per heavy atom. The van der Waals surface area contributed by atoms with Crippen molar-refractivity contribution in [3.05, 3.63) is 124 Å². The molecule has 1 aliphatic rings. The summed E-state index contributed by atoms with van der Waals surface area (Å²) in [7, 11) is 9.78. The molecule has 1 nitrogen and oxygen atoms in total. The fraction of sp³-hybridized carbons (Fsp3) is 0.111. The van der Waals surface area contributed by atoms with Crippen LogP contribution in [0.2, 0.25) is 0 Å². The van der Waals surface area contributed by atoms with Gasteiger partial charge < -0.3 is 5.32 Å². The molecule has 1 atom stereocenters. The van der Waals surface area contributed by atoms with E-state index in [0.717, 1.165) is 5.69 Å². The van der Waals surface area contributed by atoms with E-state index in [1.165, 1.54) is 38.6 Å². The van der Waals surface area contributed by atoms with Crippen LogP contribution in [0.25, 0.3) is 22.2 Å². The molecule has 0 radical (unpaired) electrons. The van der Waals surface area contributed by atoms with E-state index in [0.29, 0.717) is 12.5 Å². The summed E-state index contributed by atoms with van der Waals surface area (Å²) >= 11 is -0.556. The summed E-state index contributed by atoms with van der Waals surface area (Å²) in [6.07, 6.45) is 2.33. The van der Waals surface area contributed by atoms with Gasteiger partial charge in [-0.2, -0.15) is 0 Å². The van der Waals surface area contributed by atoms with Gasteiger partial charge in [0.2, 0.25) is 0 Å². The Morgan fingerprint density at radius 3 is 2.26 bits per heavy atom. The molecule has 0 amide bonds. The van der Waals surface area contributed by atoms with Gasteiger partial charge in [0.05, 0.1) is 0 Å². The molecule has 5 rings (SSSR count). The van der Waals surface area contributed by atoms with Gasteiger partial charge in [0.25, 0.3) is 0 Å². The minimum absolute atomic E-state index is 0.307. The third-order valence-electron chi connectivity index (χ3n) is 5.71. The second-order valence-corrected chi connectivity index (χ2v) is 10.1. The van der Waals surface area contributed by atoms with Crippen molar-refractivity contribution in [3.8, 4) is 0 Å². The summed E-state index contributed by atoms with van der Waals surface area (Å²) in [6.45, 7) is 2.94. The van der Waals surface area contributed by atoms with Crippen LogP contribution in [0, 0.1) is 0 Å². The Kier molecular flexibility index (Phi) is 7.53. The van der Waals surface area contributed by atoms with Crippen LogP contribution >= 0.6 is 18.6 Å². The molecule has 4 aromatic rings. The Morgan fingerprint density at radius 1 is 0.774 bits per heavy atom. The normalized spacial score (nSPS) is 14.3. The van der Waals surface area contributed by atoms with Gasteiger partial charge in [0, 0.05) is 5.92 Å². The molecule has 0 saturated heterocycles. The van der Waals surface area contributed by atoms with Gasteiger partial charge in [-0.1, -0.05) is 108 Å². The summed E-state index contributed by atoms with van der Waals surface area (Å²) in [5.41, 5.74) is 7.87. The van der Waals surface area contributed by atoms with Crippen LogP contribution in [0.5, 0.6) is 0 Å². The Bertz CT molecular complexity index is 1200. The van der Waals surface area contributed by atoms with Gasteiger partial charge in [0.15, 0.2) is 0 Å². The predicted octanol–water partition coefficient (Wildman–Crippen LogP) is 8.97. The first-order valence-electron chi connectivity index (χ1n) is 10.2. The number of nitrogens with zero attached hydrogens (tertiary/aromatic N) is 1. The molecule has 0 fully saturated rings. The molecule has 0 heterocycles. The van der Waals surface area contributed by atoms with E-state index in [1.54, 1.807) is 0 Å². The van der Waals surface area contributed by atoms with Crippen LogP contribution in [0.1, 0.15) is 35.1 Å². The number of fused-ring (bicyclic) bond motifs is 2. The van der Waals surface area contributed by atoms with Crippen LogP contribution in [0.15, 0.2) is 96.6 Å². The van der Waals surface area contributed by atoms with E-state index in [2.05, 4.69) is 85.8 Å². The third kappa shape index (κ3) is 4.91. The third-order valence-corrected chi connectivity index (χ3v) is 5.71. The van der Waals surface area contributed by atoms with E-state index >= 15 is 0 Å². The zero-order chi connectivity index (χ0) is 21.6. The first-order chi connectivity index (χ1) is 15.2. The molecule has 0 spiro atoms. The SMILES string of the molecule is CC1=Cc2ccccc2C1c1ccc2ccccc2c1C[N-]c1ccccc1.[Cl][Ti][Cl]. The molecule has 154 valence electrons. The molecule has 0 bridgehead atoms. The summed E-state index contributed by atoms with van der Waals surface area (Å²) < 4.78 is 0. The number of halogens is 2. The molecule has 1 aliphatic carbocycles. The molecule has 0 saturated carbocycles. The fourth-order valence-corrected chi connectivity index (χ4v) is 4.40. The Balaban J connectivity index is 0.000000730. The summed E-state index contributed by atoms with van der Waals surface area (Å²) in [4.78, 5) is 0. The number of allylic oxidation sites excluding steroid dienone is 1. The molecular weight excluding hydrogens is 457 g/mol. The van der Waals surface area contributed by atoms with Crippen LogP contribution < -0.4 is 0 Å². The van der Waals surface area contributed by atoms with E-state index in [9.17, 15) is 0 Å². The zero-order valence-electron chi connectivity index (χ0n) is 17.2. The monoisotopic (exact) mass is 478 g/mol. The predicted molar refractivity (Wildman–Crippen MR) is 131 cm³/mol. The van der Waals surface area contributed by atoms with Crippen molar-refractivity contribution >= 4 is 41.1 Å². The van der Waals surface area contributed by atoms with Crippen molar-refractivity contribution in [3.63, 3.8) is 0 Å². The van der Waals surface area contributed by atoms with Gasteiger partial charge in [0.1, 0.15) is 0 Å². The summed E-state index contributed by atoms with van der Waals surface area (Å²) in [5, 5.41) is 7.50. The number of para-hydroxylation sites is 1. The maximum atomic E-state index is 4.92. The van der Waals surface area contributed by atoms with Crippen molar-refractivity contribution in [1.82, 2.24) is 0 Å². The molecule has 31 heavy (non-hydrogen) atoms. The van der Waals surface area contributed by atoms with Crippen molar-refractivity contribution < 1.29 is 17.0 Å². The van der Waals surface area contributed by atoms with Gasteiger partial charge in [-0.05, 0) is 34.4 Å². The van der Waals surface area contributed by atoms with Crippen molar-refractivity contribution in [2.75, 3.05) is 0 Å². The van der Waals surface area contributed by atoms with E-state index in [-0.39, 0.29) is 0 Å². The Labute approximate surface area is 200 Å². The molecule has 0 aliphatic heterocycles. The first kappa shape index (κ1) is 22.2. The molecule has 4 heteroatoms. The maximum absolute atomic E-state index is 4.92. The van der Waals surface area contributed by atoms with Crippen molar-refractivity contribution in [2.45, 2.75) is 19.4 Å².